The van der Waals surface area contributed by atoms with Crippen LogP contribution in [0.3, 0.4) is 0 Å². The van der Waals surface area contributed by atoms with Crippen LogP contribution in [-0.4, -0.2) is 18.4 Å². The molecule has 1 saturated heterocycles. The smallest absolute Gasteiger partial charge is 0.229 e. The first-order valence-electron chi connectivity index (χ1n) is 7.47. The highest BCUT2D eigenvalue weighted by Gasteiger charge is 2.35. The van der Waals surface area contributed by atoms with Gasteiger partial charge in [0, 0.05) is 28.8 Å². The third-order valence-corrected chi connectivity index (χ3v) is 4.88. The van der Waals surface area contributed by atoms with Crippen LogP contribution in [0, 0.1) is 12.8 Å². The van der Waals surface area contributed by atoms with Gasteiger partial charge in [-0.05, 0) is 42.8 Å². The number of carbonyl (C=O) groups is 2. The lowest BCUT2D eigenvalue weighted by Gasteiger charge is -2.17. The van der Waals surface area contributed by atoms with Crippen molar-refractivity contribution in [3.63, 3.8) is 0 Å². The first-order valence-corrected chi connectivity index (χ1v) is 8.26. The number of carbonyl (C=O) groups excluding carboxylic acids is 2. The number of rotatable bonds is 3. The molecule has 1 aliphatic rings. The van der Waals surface area contributed by atoms with E-state index in [9.17, 15) is 9.59 Å². The van der Waals surface area contributed by atoms with Gasteiger partial charge in [-0.3, -0.25) is 9.59 Å². The van der Waals surface area contributed by atoms with Crippen LogP contribution in [0.2, 0.25) is 0 Å². The Morgan fingerprint density at radius 3 is 2.65 bits per heavy atom. The summed E-state index contributed by atoms with van der Waals surface area (Å²) in [6.07, 6.45) is 0.244. The summed E-state index contributed by atoms with van der Waals surface area (Å²) in [4.78, 5) is 26.3. The first-order chi connectivity index (χ1) is 11.0. The molecule has 1 aliphatic heterocycles. The topological polar surface area (TPSA) is 49.4 Å². The number of halogens is 1. The Kier molecular flexibility index (Phi) is 4.48. The molecular formula is C18H17BrN2O2. The van der Waals surface area contributed by atoms with E-state index in [0.717, 1.165) is 21.4 Å². The van der Waals surface area contributed by atoms with Crippen LogP contribution >= 0.6 is 15.9 Å². The number of hydrogen-bond donors (Lipinski definition) is 1. The van der Waals surface area contributed by atoms with E-state index in [0.29, 0.717) is 6.54 Å². The first kappa shape index (κ1) is 15.7. The highest BCUT2D eigenvalue weighted by molar-refractivity contribution is 9.10. The van der Waals surface area contributed by atoms with Gasteiger partial charge in [0.1, 0.15) is 0 Å². The number of para-hydroxylation sites is 1. The average molecular weight is 373 g/mol. The Morgan fingerprint density at radius 1 is 1.22 bits per heavy atom. The normalized spacial score (nSPS) is 17.4. The minimum absolute atomic E-state index is 0.0139. The minimum Gasteiger partial charge on any atom is -0.326 e. The van der Waals surface area contributed by atoms with Crippen molar-refractivity contribution in [2.24, 2.45) is 5.92 Å². The van der Waals surface area contributed by atoms with Crippen LogP contribution in [0.4, 0.5) is 11.4 Å². The SMILES string of the molecule is Cc1cc(N2CC(C(=O)Nc3ccccc3)CC2=O)ccc1Br. The predicted octanol–water partition coefficient (Wildman–Crippen LogP) is 3.75. The van der Waals surface area contributed by atoms with Crippen LogP contribution in [0.1, 0.15) is 12.0 Å². The van der Waals surface area contributed by atoms with Gasteiger partial charge in [-0.2, -0.15) is 0 Å². The summed E-state index contributed by atoms with van der Waals surface area (Å²) in [7, 11) is 0. The van der Waals surface area contributed by atoms with Crippen LogP contribution in [-0.2, 0) is 9.59 Å². The maximum Gasteiger partial charge on any atom is 0.229 e. The molecule has 2 amide bonds. The molecule has 23 heavy (non-hydrogen) atoms. The van der Waals surface area contributed by atoms with Gasteiger partial charge in [-0.1, -0.05) is 34.1 Å². The summed E-state index contributed by atoms with van der Waals surface area (Å²) in [6.45, 7) is 2.40. The molecule has 0 radical (unpaired) electrons. The van der Waals surface area contributed by atoms with Gasteiger partial charge in [-0.15, -0.1) is 0 Å². The third kappa shape index (κ3) is 3.45. The van der Waals surface area contributed by atoms with Crippen molar-refractivity contribution in [2.45, 2.75) is 13.3 Å². The number of anilines is 2. The van der Waals surface area contributed by atoms with E-state index in [1.165, 1.54) is 0 Å². The number of nitrogens with zero attached hydrogens (tertiary/aromatic N) is 1. The molecule has 1 atom stereocenters. The summed E-state index contributed by atoms with van der Waals surface area (Å²) in [5.41, 5.74) is 2.65. The van der Waals surface area contributed by atoms with Crippen LogP contribution in [0.5, 0.6) is 0 Å². The monoisotopic (exact) mass is 372 g/mol. The molecule has 0 aliphatic carbocycles. The predicted molar refractivity (Wildman–Crippen MR) is 94.4 cm³/mol. The molecular weight excluding hydrogens is 356 g/mol. The fraction of sp³-hybridized carbons (Fsp3) is 0.222. The molecule has 3 rings (SSSR count). The Balaban J connectivity index is 1.71. The molecule has 0 aromatic heterocycles. The number of nitrogens with one attached hydrogen (secondary N) is 1. The zero-order valence-electron chi connectivity index (χ0n) is 12.8. The lowest BCUT2D eigenvalue weighted by atomic mass is 10.1. The van der Waals surface area contributed by atoms with Crippen molar-refractivity contribution in [3.8, 4) is 0 Å². The van der Waals surface area contributed by atoms with Crippen molar-refractivity contribution in [2.75, 3.05) is 16.8 Å². The van der Waals surface area contributed by atoms with Gasteiger partial charge in [0.2, 0.25) is 11.8 Å². The molecule has 118 valence electrons. The Labute approximate surface area is 143 Å². The lowest BCUT2D eigenvalue weighted by Crippen LogP contribution is -2.28. The molecule has 0 saturated carbocycles. The van der Waals surface area contributed by atoms with Crippen LogP contribution < -0.4 is 10.2 Å². The highest BCUT2D eigenvalue weighted by Crippen LogP contribution is 2.29. The lowest BCUT2D eigenvalue weighted by molar-refractivity contribution is -0.122. The molecule has 0 spiro atoms. The number of benzene rings is 2. The summed E-state index contributed by atoms with van der Waals surface area (Å²) in [6, 6.07) is 15.1. The van der Waals surface area contributed by atoms with Gasteiger partial charge in [0.15, 0.2) is 0 Å². The third-order valence-electron chi connectivity index (χ3n) is 3.99. The van der Waals surface area contributed by atoms with Crippen molar-refractivity contribution in [1.29, 1.82) is 0 Å². The fourth-order valence-corrected chi connectivity index (χ4v) is 2.94. The molecule has 1 fully saturated rings. The fourth-order valence-electron chi connectivity index (χ4n) is 2.70. The molecule has 5 heteroatoms. The summed E-state index contributed by atoms with van der Waals surface area (Å²) < 4.78 is 1.01. The van der Waals surface area contributed by atoms with E-state index in [2.05, 4.69) is 21.2 Å². The molecule has 1 heterocycles. The Bertz CT molecular complexity index is 746. The van der Waals surface area contributed by atoms with Crippen LogP contribution in [0.25, 0.3) is 0 Å². The van der Waals surface area contributed by atoms with E-state index in [-0.39, 0.29) is 24.2 Å². The van der Waals surface area contributed by atoms with Crippen molar-refractivity contribution in [3.05, 3.63) is 58.6 Å². The second-order valence-electron chi connectivity index (χ2n) is 5.69. The van der Waals surface area contributed by atoms with Crippen LogP contribution in [0.15, 0.2) is 53.0 Å². The van der Waals surface area contributed by atoms with E-state index >= 15 is 0 Å². The van der Waals surface area contributed by atoms with Crippen molar-refractivity contribution < 1.29 is 9.59 Å². The van der Waals surface area contributed by atoms with E-state index < -0.39 is 0 Å². The zero-order valence-corrected chi connectivity index (χ0v) is 14.3. The number of hydrogen-bond acceptors (Lipinski definition) is 2. The minimum atomic E-state index is -0.327. The largest absolute Gasteiger partial charge is 0.326 e. The molecule has 1 N–H and O–H groups in total. The zero-order chi connectivity index (χ0) is 16.4. The average Bonchev–Trinajstić information content (AvgIpc) is 2.93. The number of amides is 2. The van der Waals surface area contributed by atoms with Gasteiger partial charge >= 0.3 is 0 Å². The van der Waals surface area contributed by atoms with E-state index in [1.807, 2.05) is 55.5 Å². The molecule has 2 aromatic rings. The molecule has 4 nitrogen and oxygen atoms in total. The second-order valence-corrected chi connectivity index (χ2v) is 6.55. The Hall–Kier alpha value is -2.14. The highest BCUT2D eigenvalue weighted by atomic mass is 79.9. The van der Waals surface area contributed by atoms with Gasteiger partial charge in [0.25, 0.3) is 0 Å². The summed E-state index contributed by atoms with van der Waals surface area (Å²) >= 11 is 3.46. The van der Waals surface area contributed by atoms with E-state index in [4.69, 9.17) is 0 Å². The quantitative estimate of drug-likeness (QED) is 0.891. The van der Waals surface area contributed by atoms with Gasteiger partial charge in [-0.25, -0.2) is 0 Å². The standard InChI is InChI=1S/C18H17BrN2O2/c1-12-9-15(7-8-16(12)19)21-11-13(10-17(21)22)18(23)20-14-5-3-2-4-6-14/h2-9,13H,10-11H2,1H3,(H,20,23). The second kappa shape index (κ2) is 6.54. The maximum atomic E-state index is 12.4. The van der Waals surface area contributed by atoms with Crippen molar-refractivity contribution in [1.82, 2.24) is 0 Å². The summed E-state index contributed by atoms with van der Waals surface area (Å²) in [5, 5.41) is 2.87. The molecule has 0 bridgehead atoms. The molecule has 2 aromatic carbocycles. The maximum absolute atomic E-state index is 12.4. The van der Waals surface area contributed by atoms with Gasteiger partial charge < -0.3 is 10.2 Å². The van der Waals surface area contributed by atoms with Crippen molar-refractivity contribution >= 4 is 39.1 Å². The molecule has 1 unspecified atom stereocenters. The number of aryl methyl sites for hydroxylation is 1. The van der Waals surface area contributed by atoms with E-state index in [1.54, 1.807) is 4.90 Å². The Morgan fingerprint density at radius 2 is 1.96 bits per heavy atom. The van der Waals surface area contributed by atoms with Gasteiger partial charge in [0.05, 0.1) is 5.92 Å². The summed E-state index contributed by atoms with van der Waals surface area (Å²) in [5.74, 6) is -0.451.